The van der Waals surface area contributed by atoms with Gasteiger partial charge in [-0.3, -0.25) is 10.2 Å². The zero-order chi connectivity index (χ0) is 29.9. The van der Waals surface area contributed by atoms with Crippen LogP contribution in [0.4, 0.5) is 19.4 Å². The molecule has 12 heteroatoms. The van der Waals surface area contributed by atoms with Crippen molar-refractivity contribution >= 4 is 11.8 Å². The van der Waals surface area contributed by atoms with Gasteiger partial charge in [-0.2, -0.15) is 0 Å². The first-order chi connectivity index (χ1) is 20.1. The van der Waals surface area contributed by atoms with E-state index < -0.39 is 23.5 Å². The molecule has 2 fully saturated rings. The monoisotopic (exact) mass is 585 g/mol. The lowest BCUT2D eigenvalue weighted by atomic mass is 9.94. The van der Waals surface area contributed by atoms with Crippen molar-refractivity contribution in [1.82, 2.24) is 20.0 Å². The summed E-state index contributed by atoms with van der Waals surface area (Å²) >= 11 is 0. The Bertz CT molecular complexity index is 1390. The summed E-state index contributed by atoms with van der Waals surface area (Å²) in [5.74, 6) is -1.95. The Labute approximate surface area is 243 Å². The number of benzene rings is 2. The van der Waals surface area contributed by atoms with Crippen molar-refractivity contribution in [1.29, 1.82) is 0 Å². The summed E-state index contributed by atoms with van der Waals surface area (Å²) in [5.41, 5.74) is 1.98. The molecule has 0 saturated carbocycles. The molecular weight excluding hydrogens is 548 g/mol. The van der Waals surface area contributed by atoms with Crippen LogP contribution in [0.5, 0.6) is 5.88 Å². The number of ether oxygens (including phenoxy) is 4. The van der Waals surface area contributed by atoms with Gasteiger partial charge in [-0.05, 0) is 50.6 Å². The fraction of sp³-hybridized carbons (Fsp3) is 0.467. The fourth-order valence-corrected chi connectivity index (χ4v) is 5.36. The first kappa shape index (κ1) is 29.9. The van der Waals surface area contributed by atoms with Gasteiger partial charge in [0.05, 0.1) is 30.5 Å². The Balaban J connectivity index is 1.34. The minimum Gasteiger partial charge on any atom is -0.473 e. The lowest BCUT2D eigenvalue weighted by Crippen LogP contribution is -2.42. The first-order valence-corrected chi connectivity index (χ1v) is 14.0. The van der Waals surface area contributed by atoms with E-state index in [1.54, 1.807) is 17.9 Å². The maximum absolute atomic E-state index is 14.1. The van der Waals surface area contributed by atoms with Crippen molar-refractivity contribution in [3.63, 3.8) is 0 Å². The quantitative estimate of drug-likeness (QED) is 0.368. The molecular formula is C30H37F2N5O5. The number of methoxy groups -OCH3 is 1. The van der Waals surface area contributed by atoms with Crippen LogP contribution in [0.15, 0.2) is 48.5 Å². The number of likely N-dealkylation sites (tertiary alicyclic amines) is 1. The molecule has 10 nitrogen and oxygen atoms in total. The molecule has 2 amide bonds. The van der Waals surface area contributed by atoms with E-state index in [1.807, 2.05) is 51.1 Å². The third kappa shape index (κ3) is 6.89. The number of hydrogen-bond donors (Lipinski definition) is 2. The summed E-state index contributed by atoms with van der Waals surface area (Å²) in [7, 11) is 1.62. The predicted molar refractivity (Wildman–Crippen MR) is 152 cm³/mol. The lowest BCUT2D eigenvalue weighted by Gasteiger charge is -2.21. The van der Waals surface area contributed by atoms with Crippen molar-refractivity contribution in [2.45, 2.75) is 44.6 Å². The molecule has 2 aromatic carbocycles. The number of rotatable bonds is 10. The van der Waals surface area contributed by atoms with Crippen LogP contribution in [0.3, 0.4) is 0 Å². The smallest absolute Gasteiger partial charge is 0.320 e. The highest BCUT2D eigenvalue weighted by Crippen LogP contribution is 2.31. The van der Waals surface area contributed by atoms with Gasteiger partial charge in [0.25, 0.3) is 0 Å². The van der Waals surface area contributed by atoms with E-state index in [0.717, 1.165) is 11.8 Å². The molecule has 3 heterocycles. The summed E-state index contributed by atoms with van der Waals surface area (Å²) < 4.78 is 52.1. The van der Waals surface area contributed by atoms with Crippen LogP contribution in [0.2, 0.25) is 0 Å². The molecule has 0 bridgehead atoms. The summed E-state index contributed by atoms with van der Waals surface area (Å²) in [5, 5.41) is 10.6. The molecule has 0 radical (unpaired) electrons. The average Bonchev–Trinajstić information content (AvgIpc) is 3.63. The van der Waals surface area contributed by atoms with Gasteiger partial charge >= 0.3 is 6.03 Å². The molecule has 2 aliphatic rings. The molecule has 226 valence electrons. The molecule has 5 rings (SSSR count). The second-order valence-electron chi connectivity index (χ2n) is 11.0. The standard InChI is InChI=1S/C30H37F2N5O5/c1-19-27(37(21-8-6-5-7-9-21)35-28(19)40-17-22-18-41-30(2,3)42-22)34-29(38)33-26-16-36(12-13-39-4)15-23(26)20-10-11-24(31)25(32)14-20/h5-11,14,22-23,26H,12-13,15-18H2,1-4H3,(H2,33,34,38)/t22-,23-,26+/m0/s1. The third-order valence-corrected chi connectivity index (χ3v) is 7.48. The number of anilines is 1. The topological polar surface area (TPSA) is 99.1 Å². The van der Waals surface area contributed by atoms with E-state index >= 15 is 0 Å². The maximum Gasteiger partial charge on any atom is 0.320 e. The summed E-state index contributed by atoms with van der Waals surface area (Å²) in [6.45, 7) is 8.38. The van der Waals surface area contributed by atoms with Crippen LogP contribution in [0, 0.1) is 18.6 Å². The molecule has 42 heavy (non-hydrogen) atoms. The predicted octanol–water partition coefficient (Wildman–Crippen LogP) is 4.23. The maximum atomic E-state index is 14.1. The largest absolute Gasteiger partial charge is 0.473 e. The van der Waals surface area contributed by atoms with Gasteiger partial charge in [0.1, 0.15) is 18.5 Å². The van der Waals surface area contributed by atoms with Crippen LogP contribution < -0.4 is 15.4 Å². The number of carbonyl (C=O) groups excluding carboxylic acids is 1. The minimum absolute atomic E-state index is 0.233. The summed E-state index contributed by atoms with van der Waals surface area (Å²) in [6.07, 6.45) is -0.252. The van der Waals surface area contributed by atoms with Gasteiger partial charge in [-0.25, -0.2) is 18.3 Å². The van der Waals surface area contributed by atoms with Gasteiger partial charge in [0, 0.05) is 32.7 Å². The number of halogens is 2. The second-order valence-corrected chi connectivity index (χ2v) is 11.0. The van der Waals surface area contributed by atoms with Crippen molar-refractivity contribution in [2.24, 2.45) is 0 Å². The molecule has 0 unspecified atom stereocenters. The molecule has 3 atom stereocenters. The minimum atomic E-state index is -0.918. The number of nitrogens with one attached hydrogen (secondary N) is 2. The van der Waals surface area contributed by atoms with E-state index in [9.17, 15) is 13.6 Å². The number of aromatic nitrogens is 2. The highest BCUT2D eigenvalue weighted by Gasteiger charge is 2.36. The van der Waals surface area contributed by atoms with Crippen LogP contribution in [0.25, 0.3) is 5.69 Å². The molecule has 0 spiro atoms. The number of carbonyl (C=O) groups is 1. The van der Waals surface area contributed by atoms with E-state index in [1.165, 1.54) is 6.07 Å². The van der Waals surface area contributed by atoms with Crippen molar-refractivity contribution in [2.75, 3.05) is 51.9 Å². The van der Waals surface area contributed by atoms with Crippen molar-refractivity contribution < 1.29 is 32.5 Å². The summed E-state index contributed by atoms with van der Waals surface area (Å²) in [6, 6.07) is 12.5. The van der Waals surface area contributed by atoms with E-state index in [4.69, 9.17) is 18.9 Å². The van der Waals surface area contributed by atoms with Crippen LogP contribution in [-0.2, 0) is 14.2 Å². The van der Waals surface area contributed by atoms with Gasteiger partial charge in [-0.1, -0.05) is 24.3 Å². The Morgan fingerprint density at radius 1 is 1.14 bits per heavy atom. The third-order valence-electron chi connectivity index (χ3n) is 7.48. The Hall–Kier alpha value is -3.58. The van der Waals surface area contributed by atoms with Gasteiger partial charge < -0.3 is 24.3 Å². The SMILES string of the molecule is COCCN1C[C@@H](NC(=O)Nc2c(C)c(OC[C@H]3COC(C)(C)O3)nn2-c2ccccc2)[C@H](c2ccc(F)c(F)c2)C1. The van der Waals surface area contributed by atoms with Crippen molar-refractivity contribution in [3.8, 4) is 11.6 Å². The Kier molecular flexibility index (Phi) is 9.07. The van der Waals surface area contributed by atoms with Crippen LogP contribution >= 0.6 is 0 Å². The highest BCUT2D eigenvalue weighted by molar-refractivity contribution is 5.90. The first-order valence-electron chi connectivity index (χ1n) is 14.0. The van der Waals surface area contributed by atoms with Crippen molar-refractivity contribution in [3.05, 3.63) is 71.3 Å². The molecule has 3 aromatic rings. The molecule has 2 aliphatic heterocycles. The van der Waals surface area contributed by atoms with Gasteiger partial charge in [0.2, 0.25) is 5.88 Å². The van der Waals surface area contributed by atoms with Crippen LogP contribution in [-0.4, -0.2) is 85.2 Å². The fourth-order valence-electron chi connectivity index (χ4n) is 5.36. The number of hydrogen-bond acceptors (Lipinski definition) is 7. The number of nitrogens with zero attached hydrogens (tertiary/aromatic N) is 3. The number of urea groups is 1. The van der Waals surface area contributed by atoms with Gasteiger partial charge in [0.15, 0.2) is 17.4 Å². The van der Waals surface area contributed by atoms with E-state index in [0.29, 0.717) is 55.7 Å². The molecule has 0 aliphatic carbocycles. The molecule has 1 aromatic heterocycles. The number of amides is 2. The van der Waals surface area contributed by atoms with Gasteiger partial charge in [-0.15, -0.1) is 5.10 Å². The summed E-state index contributed by atoms with van der Waals surface area (Å²) in [4.78, 5) is 15.6. The Morgan fingerprint density at radius 2 is 1.93 bits per heavy atom. The number of para-hydroxylation sites is 1. The van der Waals surface area contributed by atoms with Crippen LogP contribution in [0.1, 0.15) is 30.9 Å². The Morgan fingerprint density at radius 3 is 2.62 bits per heavy atom. The second kappa shape index (κ2) is 12.7. The average molecular weight is 586 g/mol. The zero-order valence-electron chi connectivity index (χ0n) is 24.2. The molecule has 2 saturated heterocycles. The highest BCUT2D eigenvalue weighted by atomic mass is 19.2. The molecule has 2 N–H and O–H groups in total. The zero-order valence-corrected chi connectivity index (χ0v) is 24.2. The van der Waals surface area contributed by atoms with E-state index in [-0.39, 0.29) is 24.7 Å². The lowest BCUT2D eigenvalue weighted by molar-refractivity contribution is -0.141. The van der Waals surface area contributed by atoms with E-state index in [2.05, 4.69) is 20.6 Å². The normalized spacial score (nSPS) is 21.9.